The first-order valence-electron chi connectivity index (χ1n) is 12.6. The molecule has 1 fully saturated rings. The zero-order chi connectivity index (χ0) is 25.5. The molecule has 0 unspecified atom stereocenters. The molecule has 37 heavy (non-hydrogen) atoms. The average molecular weight is 515 g/mol. The molecule has 4 aromatic heterocycles. The minimum atomic E-state index is -0.135. The summed E-state index contributed by atoms with van der Waals surface area (Å²) >= 11 is 6.04. The lowest BCUT2D eigenvalue weighted by Gasteiger charge is -2.29. The van der Waals surface area contributed by atoms with Crippen LogP contribution in [-0.2, 0) is 6.54 Å². The van der Waals surface area contributed by atoms with Gasteiger partial charge in [0.25, 0.3) is 5.91 Å². The third-order valence-corrected chi connectivity index (χ3v) is 7.60. The van der Waals surface area contributed by atoms with Gasteiger partial charge in [-0.25, -0.2) is 14.3 Å². The Kier molecular flexibility index (Phi) is 6.04. The number of nitrogens with zero attached hydrogens (tertiary/aromatic N) is 5. The summed E-state index contributed by atoms with van der Waals surface area (Å²) in [6.45, 7) is 2.45. The molecule has 0 radical (unpaired) electrons. The van der Waals surface area contributed by atoms with Gasteiger partial charge in [-0.05, 0) is 68.9 Å². The number of fused-ring (bicyclic) bond motifs is 2. The van der Waals surface area contributed by atoms with Crippen molar-refractivity contribution in [2.75, 3.05) is 0 Å². The molecule has 1 amide bonds. The van der Waals surface area contributed by atoms with E-state index in [1.807, 2.05) is 64.6 Å². The Morgan fingerprint density at radius 3 is 2.65 bits per heavy atom. The molecule has 6 rings (SSSR count). The van der Waals surface area contributed by atoms with E-state index in [9.17, 15) is 9.59 Å². The zero-order valence-corrected chi connectivity index (χ0v) is 21.2. The number of halogens is 1. The first-order chi connectivity index (χ1) is 18.0. The van der Waals surface area contributed by atoms with E-state index in [2.05, 4.69) is 15.3 Å². The van der Waals surface area contributed by atoms with Gasteiger partial charge >= 0.3 is 5.69 Å². The molecule has 5 aromatic rings. The molecule has 0 bridgehead atoms. The van der Waals surface area contributed by atoms with Crippen molar-refractivity contribution in [1.29, 1.82) is 0 Å². The minimum Gasteiger partial charge on any atom is -0.349 e. The molecule has 1 saturated carbocycles. The fourth-order valence-corrected chi connectivity index (χ4v) is 5.63. The molecule has 0 saturated heterocycles. The van der Waals surface area contributed by atoms with Crippen LogP contribution in [0.25, 0.3) is 22.5 Å². The predicted molar refractivity (Wildman–Crippen MR) is 143 cm³/mol. The van der Waals surface area contributed by atoms with Gasteiger partial charge in [0.2, 0.25) is 0 Å². The molecule has 9 heteroatoms. The van der Waals surface area contributed by atoms with Gasteiger partial charge in [0, 0.05) is 31.2 Å². The lowest BCUT2D eigenvalue weighted by atomic mass is 9.85. The Morgan fingerprint density at radius 2 is 1.84 bits per heavy atom. The molecule has 0 atom stereocenters. The van der Waals surface area contributed by atoms with Gasteiger partial charge in [-0.2, -0.15) is 0 Å². The van der Waals surface area contributed by atoms with Crippen LogP contribution < -0.4 is 11.0 Å². The van der Waals surface area contributed by atoms with Gasteiger partial charge in [0.15, 0.2) is 0 Å². The number of imidazole rings is 2. The maximum Gasteiger partial charge on any atom is 0.334 e. The van der Waals surface area contributed by atoms with Crippen molar-refractivity contribution in [3.8, 4) is 5.82 Å². The standard InChI is InChI=1S/C28H27ClN6O2/c1-18-22(15-20(29)16-31-18)27(36)32-21-11-9-19(10-12-21)17-34-23-5-2-3-6-24(23)35(28(34)37)26-8-4-7-25-30-13-14-33(25)26/h2-8,13-16,19,21H,9-12,17H2,1H3,(H,32,36)/t19-,21-. The first-order valence-corrected chi connectivity index (χ1v) is 12.9. The van der Waals surface area contributed by atoms with Crippen LogP contribution in [0, 0.1) is 12.8 Å². The van der Waals surface area contributed by atoms with E-state index in [-0.39, 0.29) is 17.6 Å². The van der Waals surface area contributed by atoms with Gasteiger partial charge in [0.05, 0.1) is 27.3 Å². The molecule has 0 spiro atoms. The number of aryl methyl sites for hydroxylation is 1. The smallest absolute Gasteiger partial charge is 0.334 e. The summed E-state index contributed by atoms with van der Waals surface area (Å²) in [6.07, 6.45) is 8.76. The first kappa shape index (κ1) is 23.5. The largest absolute Gasteiger partial charge is 0.349 e. The van der Waals surface area contributed by atoms with Gasteiger partial charge in [-0.1, -0.05) is 29.8 Å². The molecule has 8 nitrogen and oxygen atoms in total. The van der Waals surface area contributed by atoms with Crippen molar-refractivity contribution in [2.24, 2.45) is 5.92 Å². The Bertz CT molecular complexity index is 1680. The minimum absolute atomic E-state index is 0.0539. The molecule has 0 aliphatic heterocycles. The lowest BCUT2D eigenvalue weighted by molar-refractivity contribution is 0.0919. The van der Waals surface area contributed by atoms with Gasteiger partial charge in [-0.3, -0.25) is 18.7 Å². The van der Waals surface area contributed by atoms with Gasteiger partial charge < -0.3 is 5.32 Å². The predicted octanol–water partition coefficient (Wildman–Crippen LogP) is 4.79. The molecule has 1 N–H and O–H groups in total. The van der Waals surface area contributed by atoms with Gasteiger partial charge in [-0.15, -0.1) is 0 Å². The Balaban J connectivity index is 1.21. The Hall–Kier alpha value is -3.91. The highest BCUT2D eigenvalue weighted by Crippen LogP contribution is 2.28. The molecule has 4 heterocycles. The molecular formula is C28H27ClN6O2. The number of hydrogen-bond acceptors (Lipinski definition) is 4. The highest BCUT2D eigenvalue weighted by Gasteiger charge is 2.26. The molecule has 1 aromatic carbocycles. The van der Waals surface area contributed by atoms with E-state index >= 15 is 0 Å². The Morgan fingerprint density at radius 1 is 1.05 bits per heavy atom. The summed E-state index contributed by atoms with van der Waals surface area (Å²) in [5.74, 6) is 0.986. The maximum absolute atomic E-state index is 13.8. The summed E-state index contributed by atoms with van der Waals surface area (Å²) in [4.78, 5) is 35.1. The van der Waals surface area contributed by atoms with Crippen LogP contribution in [0.15, 0.2) is 71.9 Å². The number of carbonyl (C=O) groups excluding carboxylic acids is 1. The number of amides is 1. The van der Waals surface area contributed by atoms with Crippen molar-refractivity contribution in [2.45, 2.75) is 45.2 Å². The average Bonchev–Trinajstić information content (AvgIpc) is 3.49. The summed E-state index contributed by atoms with van der Waals surface area (Å²) in [6, 6.07) is 15.5. The number of rotatable bonds is 5. The summed E-state index contributed by atoms with van der Waals surface area (Å²) < 4.78 is 5.61. The molecule has 1 aliphatic carbocycles. The number of nitrogens with one attached hydrogen (secondary N) is 1. The second-order valence-corrected chi connectivity index (χ2v) is 10.2. The van der Waals surface area contributed by atoms with Crippen molar-refractivity contribution >= 4 is 34.2 Å². The van der Waals surface area contributed by atoms with Crippen LogP contribution in [0.1, 0.15) is 41.7 Å². The van der Waals surface area contributed by atoms with E-state index in [1.165, 1.54) is 0 Å². The van der Waals surface area contributed by atoms with E-state index in [4.69, 9.17) is 11.6 Å². The number of benzene rings is 1. The van der Waals surface area contributed by atoms with Crippen molar-refractivity contribution in [1.82, 2.24) is 28.8 Å². The third-order valence-electron chi connectivity index (χ3n) is 7.39. The SMILES string of the molecule is Cc1ncc(Cl)cc1C(=O)N[C@H]1CC[C@H](Cn2c(=O)n(-c3cccc4nccn34)c3ccccc32)CC1. The second kappa shape index (κ2) is 9.52. The van der Waals surface area contributed by atoms with Crippen LogP contribution >= 0.6 is 11.6 Å². The number of aromatic nitrogens is 5. The van der Waals surface area contributed by atoms with Crippen molar-refractivity contribution in [3.63, 3.8) is 0 Å². The topological polar surface area (TPSA) is 86.2 Å². The number of pyridine rings is 2. The normalized spacial score (nSPS) is 17.9. The highest BCUT2D eigenvalue weighted by molar-refractivity contribution is 6.30. The lowest BCUT2D eigenvalue weighted by Crippen LogP contribution is -2.39. The number of carbonyl (C=O) groups is 1. The Labute approximate surface area is 218 Å². The van der Waals surface area contributed by atoms with E-state index in [1.54, 1.807) is 23.0 Å². The maximum atomic E-state index is 13.8. The molecular weight excluding hydrogens is 488 g/mol. The summed E-state index contributed by atoms with van der Waals surface area (Å²) in [7, 11) is 0. The second-order valence-electron chi connectivity index (χ2n) is 9.73. The third kappa shape index (κ3) is 4.31. The van der Waals surface area contributed by atoms with Crippen LogP contribution in [0.3, 0.4) is 0 Å². The fraction of sp³-hybridized carbons (Fsp3) is 0.286. The quantitative estimate of drug-likeness (QED) is 0.365. The van der Waals surface area contributed by atoms with E-state index in [0.29, 0.717) is 28.7 Å². The molecule has 1 aliphatic rings. The fourth-order valence-electron chi connectivity index (χ4n) is 5.47. The van der Waals surface area contributed by atoms with Crippen LogP contribution in [-0.4, -0.2) is 35.5 Å². The summed E-state index contributed by atoms with van der Waals surface area (Å²) in [5.41, 5.74) is 3.72. The van der Waals surface area contributed by atoms with Crippen LogP contribution in [0.5, 0.6) is 0 Å². The van der Waals surface area contributed by atoms with E-state index < -0.39 is 0 Å². The van der Waals surface area contributed by atoms with Crippen molar-refractivity contribution < 1.29 is 4.79 Å². The summed E-state index contributed by atoms with van der Waals surface area (Å²) in [5, 5.41) is 3.60. The van der Waals surface area contributed by atoms with Gasteiger partial charge in [0.1, 0.15) is 11.5 Å². The zero-order valence-electron chi connectivity index (χ0n) is 20.5. The monoisotopic (exact) mass is 514 g/mol. The highest BCUT2D eigenvalue weighted by atomic mass is 35.5. The van der Waals surface area contributed by atoms with E-state index in [0.717, 1.165) is 48.2 Å². The van der Waals surface area contributed by atoms with Crippen LogP contribution in [0.2, 0.25) is 5.02 Å². The number of para-hydroxylation sites is 2. The molecule has 188 valence electrons. The van der Waals surface area contributed by atoms with Crippen molar-refractivity contribution in [3.05, 3.63) is 93.9 Å². The number of hydrogen-bond donors (Lipinski definition) is 1. The van der Waals surface area contributed by atoms with Crippen LogP contribution in [0.4, 0.5) is 0 Å².